The topological polar surface area (TPSA) is 69.7 Å². The monoisotopic (exact) mass is 377 g/mol. The number of sulfonamides is 1. The third-order valence-corrected chi connectivity index (χ3v) is 5.54. The standard InChI is InChI=1S/C18H20FN3O3S/c1-2-11-21-12-13-22(18(21)23)16-7-9-17(10-8-16)26(24,25)20-15-5-3-14(19)4-6-15/h3-10,20H,2,11-13H2,1H3. The predicted octanol–water partition coefficient (Wildman–Crippen LogP) is 3.28. The van der Waals surface area contributed by atoms with Gasteiger partial charge in [-0.3, -0.25) is 9.62 Å². The molecule has 2 amide bonds. The van der Waals surface area contributed by atoms with E-state index < -0.39 is 15.8 Å². The van der Waals surface area contributed by atoms with Gasteiger partial charge in [-0.05, 0) is 55.0 Å². The molecule has 138 valence electrons. The number of nitrogens with zero attached hydrogens (tertiary/aromatic N) is 2. The first-order chi connectivity index (χ1) is 12.4. The van der Waals surface area contributed by atoms with E-state index in [9.17, 15) is 17.6 Å². The van der Waals surface area contributed by atoms with E-state index in [1.54, 1.807) is 21.9 Å². The van der Waals surface area contributed by atoms with E-state index in [0.29, 0.717) is 25.3 Å². The summed E-state index contributed by atoms with van der Waals surface area (Å²) in [6.45, 7) is 3.98. The molecule has 6 nitrogen and oxygen atoms in total. The first-order valence-corrected chi connectivity index (χ1v) is 9.84. The highest BCUT2D eigenvalue weighted by Crippen LogP contribution is 2.23. The molecule has 8 heteroatoms. The fraction of sp³-hybridized carbons (Fsp3) is 0.278. The molecule has 0 bridgehead atoms. The average Bonchev–Trinajstić information content (AvgIpc) is 2.98. The number of urea groups is 1. The molecule has 2 aromatic carbocycles. The minimum absolute atomic E-state index is 0.0631. The third kappa shape index (κ3) is 3.80. The summed E-state index contributed by atoms with van der Waals surface area (Å²) in [6, 6.07) is 11.2. The number of nitrogens with one attached hydrogen (secondary N) is 1. The zero-order valence-corrected chi connectivity index (χ0v) is 15.2. The molecule has 0 unspecified atom stereocenters. The van der Waals surface area contributed by atoms with Gasteiger partial charge < -0.3 is 4.90 Å². The Morgan fingerprint density at radius 1 is 1.04 bits per heavy atom. The van der Waals surface area contributed by atoms with E-state index >= 15 is 0 Å². The quantitative estimate of drug-likeness (QED) is 0.840. The van der Waals surface area contributed by atoms with Crippen molar-refractivity contribution in [3.05, 3.63) is 54.3 Å². The maximum atomic E-state index is 12.9. The molecule has 0 atom stereocenters. The molecular formula is C18H20FN3O3S. The van der Waals surface area contributed by atoms with Crippen molar-refractivity contribution in [3.8, 4) is 0 Å². The SMILES string of the molecule is CCCN1CCN(c2ccc(S(=O)(=O)Nc3ccc(F)cc3)cc2)C1=O. The second-order valence-corrected chi connectivity index (χ2v) is 7.71. The van der Waals surface area contributed by atoms with Crippen LogP contribution in [0.1, 0.15) is 13.3 Å². The number of carbonyl (C=O) groups excluding carboxylic acids is 1. The van der Waals surface area contributed by atoms with Crippen LogP contribution in [-0.2, 0) is 10.0 Å². The Labute approximate surface area is 152 Å². The number of amides is 2. The Bertz CT molecular complexity index is 883. The molecule has 1 heterocycles. The van der Waals surface area contributed by atoms with Crippen molar-refractivity contribution in [2.75, 3.05) is 29.3 Å². The highest BCUT2D eigenvalue weighted by molar-refractivity contribution is 7.92. The van der Waals surface area contributed by atoms with E-state index in [1.165, 1.54) is 36.4 Å². The first-order valence-electron chi connectivity index (χ1n) is 8.35. The first kappa shape index (κ1) is 18.2. The molecule has 26 heavy (non-hydrogen) atoms. The van der Waals surface area contributed by atoms with E-state index in [0.717, 1.165) is 6.42 Å². The maximum Gasteiger partial charge on any atom is 0.324 e. The molecule has 1 aliphatic heterocycles. The van der Waals surface area contributed by atoms with Crippen LogP contribution in [0, 0.1) is 5.82 Å². The van der Waals surface area contributed by atoms with Crippen LogP contribution in [0.5, 0.6) is 0 Å². The normalized spacial score (nSPS) is 14.8. The smallest absolute Gasteiger partial charge is 0.323 e. The number of carbonyl (C=O) groups is 1. The molecule has 1 saturated heterocycles. The molecule has 0 saturated carbocycles. The number of hydrogen-bond acceptors (Lipinski definition) is 3. The molecule has 1 aliphatic rings. The van der Waals surface area contributed by atoms with Crippen LogP contribution in [0.3, 0.4) is 0 Å². The second kappa shape index (κ2) is 7.33. The second-order valence-electron chi connectivity index (χ2n) is 6.03. The molecule has 0 aliphatic carbocycles. The van der Waals surface area contributed by atoms with Crippen LogP contribution in [-0.4, -0.2) is 39.0 Å². The fourth-order valence-electron chi connectivity index (χ4n) is 2.84. The lowest BCUT2D eigenvalue weighted by atomic mass is 10.3. The molecule has 0 spiro atoms. The minimum atomic E-state index is -3.79. The van der Waals surface area contributed by atoms with Crippen molar-refractivity contribution < 1.29 is 17.6 Å². The number of rotatable bonds is 6. The van der Waals surface area contributed by atoms with Crippen molar-refractivity contribution >= 4 is 27.4 Å². The summed E-state index contributed by atoms with van der Waals surface area (Å²) in [7, 11) is -3.79. The van der Waals surface area contributed by atoms with Crippen LogP contribution in [0.2, 0.25) is 0 Å². The van der Waals surface area contributed by atoms with E-state index in [-0.39, 0.29) is 16.6 Å². The lowest BCUT2D eigenvalue weighted by Gasteiger charge is -2.18. The third-order valence-electron chi connectivity index (χ3n) is 4.14. The minimum Gasteiger partial charge on any atom is -0.323 e. The molecular weight excluding hydrogens is 357 g/mol. The molecule has 0 radical (unpaired) electrons. The maximum absolute atomic E-state index is 12.9. The number of halogens is 1. The fourth-order valence-corrected chi connectivity index (χ4v) is 3.90. The van der Waals surface area contributed by atoms with Gasteiger partial charge in [0.2, 0.25) is 0 Å². The summed E-state index contributed by atoms with van der Waals surface area (Å²) in [5.74, 6) is -0.440. The van der Waals surface area contributed by atoms with Gasteiger partial charge in [-0.1, -0.05) is 6.92 Å². The van der Waals surface area contributed by atoms with Crippen LogP contribution in [0.25, 0.3) is 0 Å². The lowest BCUT2D eigenvalue weighted by Crippen LogP contribution is -2.32. The Morgan fingerprint density at radius 2 is 1.69 bits per heavy atom. The van der Waals surface area contributed by atoms with Crippen molar-refractivity contribution in [1.29, 1.82) is 0 Å². The van der Waals surface area contributed by atoms with Gasteiger partial charge in [0.1, 0.15) is 5.82 Å². The Kier molecular flexibility index (Phi) is 5.13. The molecule has 0 aromatic heterocycles. The predicted molar refractivity (Wildman–Crippen MR) is 98.3 cm³/mol. The summed E-state index contributed by atoms with van der Waals surface area (Å²) < 4.78 is 40.2. The van der Waals surface area contributed by atoms with Crippen molar-refractivity contribution in [3.63, 3.8) is 0 Å². The van der Waals surface area contributed by atoms with Gasteiger partial charge in [0.15, 0.2) is 0 Å². The van der Waals surface area contributed by atoms with Gasteiger partial charge in [0, 0.05) is 31.0 Å². The Balaban J connectivity index is 1.74. The van der Waals surface area contributed by atoms with Gasteiger partial charge >= 0.3 is 6.03 Å². The summed E-state index contributed by atoms with van der Waals surface area (Å²) >= 11 is 0. The zero-order valence-electron chi connectivity index (χ0n) is 14.4. The van der Waals surface area contributed by atoms with Gasteiger partial charge in [-0.15, -0.1) is 0 Å². The number of benzene rings is 2. The van der Waals surface area contributed by atoms with E-state index in [1.807, 2.05) is 6.92 Å². The zero-order chi connectivity index (χ0) is 18.7. The largest absolute Gasteiger partial charge is 0.324 e. The Morgan fingerprint density at radius 3 is 2.31 bits per heavy atom. The van der Waals surface area contributed by atoms with Gasteiger partial charge in [0.25, 0.3) is 10.0 Å². The van der Waals surface area contributed by atoms with Crippen molar-refractivity contribution in [2.24, 2.45) is 0 Å². The number of anilines is 2. The summed E-state index contributed by atoms with van der Waals surface area (Å²) in [6.07, 6.45) is 0.895. The summed E-state index contributed by atoms with van der Waals surface area (Å²) in [5, 5.41) is 0. The van der Waals surface area contributed by atoms with Crippen LogP contribution >= 0.6 is 0 Å². The van der Waals surface area contributed by atoms with Crippen LogP contribution in [0.4, 0.5) is 20.6 Å². The van der Waals surface area contributed by atoms with Gasteiger partial charge in [-0.25, -0.2) is 17.6 Å². The lowest BCUT2D eigenvalue weighted by molar-refractivity contribution is 0.220. The van der Waals surface area contributed by atoms with Crippen LogP contribution < -0.4 is 9.62 Å². The van der Waals surface area contributed by atoms with Crippen LogP contribution in [0.15, 0.2) is 53.4 Å². The van der Waals surface area contributed by atoms with Crippen molar-refractivity contribution in [2.45, 2.75) is 18.2 Å². The van der Waals surface area contributed by atoms with Crippen molar-refractivity contribution in [1.82, 2.24) is 4.90 Å². The molecule has 3 rings (SSSR count). The van der Waals surface area contributed by atoms with Gasteiger partial charge in [0.05, 0.1) is 4.90 Å². The molecule has 2 aromatic rings. The van der Waals surface area contributed by atoms with E-state index in [2.05, 4.69) is 4.72 Å². The highest BCUT2D eigenvalue weighted by atomic mass is 32.2. The average molecular weight is 377 g/mol. The summed E-state index contributed by atoms with van der Waals surface area (Å²) in [5.41, 5.74) is 0.940. The summed E-state index contributed by atoms with van der Waals surface area (Å²) in [4.78, 5) is 15.8. The molecule has 1 N–H and O–H groups in total. The van der Waals surface area contributed by atoms with E-state index in [4.69, 9.17) is 0 Å². The Hall–Kier alpha value is -2.61. The van der Waals surface area contributed by atoms with Gasteiger partial charge in [-0.2, -0.15) is 0 Å². The number of hydrogen-bond donors (Lipinski definition) is 1. The highest BCUT2D eigenvalue weighted by Gasteiger charge is 2.29. The molecule has 1 fully saturated rings.